The van der Waals surface area contributed by atoms with E-state index in [4.69, 9.17) is 5.26 Å². The van der Waals surface area contributed by atoms with E-state index in [1.54, 1.807) is 12.1 Å². The number of benzene rings is 1. The van der Waals surface area contributed by atoms with Crippen LogP contribution in [-0.4, -0.2) is 6.54 Å². The number of hydrogen-bond donors (Lipinski definition) is 1. The second kappa shape index (κ2) is 5.46. The van der Waals surface area contributed by atoms with Gasteiger partial charge in [-0.05, 0) is 40.5 Å². The van der Waals surface area contributed by atoms with Crippen LogP contribution in [0.15, 0.2) is 35.3 Å². The molecule has 1 aromatic rings. The highest BCUT2D eigenvalue weighted by Crippen LogP contribution is 2.23. The Morgan fingerprint density at radius 3 is 2.93 bits per heavy atom. The molecular formula is C11H11BrN2. The van der Waals surface area contributed by atoms with Gasteiger partial charge in [-0.25, -0.2) is 0 Å². The number of nitrogens with one attached hydrogen (secondary N) is 1. The molecule has 0 aliphatic rings. The van der Waals surface area contributed by atoms with Crippen molar-refractivity contribution in [1.29, 1.82) is 5.26 Å². The Morgan fingerprint density at radius 2 is 2.36 bits per heavy atom. The van der Waals surface area contributed by atoms with Crippen LogP contribution < -0.4 is 5.32 Å². The van der Waals surface area contributed by atoms with Gasteiger partial charge < -0.3 is 5.32 Å². The van der Waals surface area contributed by atoms with Gasteiger partial charge in [0.05, 0.1) is 11.6 Å². The topological polar surface area (TPSA) is 35.8 Å². The SMILES string of the molecule is C=CCCNc1ccc(C#N)cc1Br. The molecule has 1 N–H and O–H groups in total. The minimum Gasteiger partial charge on any atom is -0.384 e. The molecular weight excluding hydrogens is 240 g/mol. The van der Waals surface area contributed by atoms with Gasteiger partial charge in [0.1, 0.15) is 0 Å². The van der Waals surface area contributed by atoms with Crippen LogP contribution in [-0.2, 0) is 0 Å². The van der Waals surface area contributed by atoms with Crippen molar-refractivity contribution in [1.82, 2.24) is 0 Å². The summed E-state index contributed by atoms with van der Waals surface area (Å²) in [4.78, 5) is 0. The first-order valence-electron chi connectivity index (χ1n) is 4.32. The maximum atomic E-state index is 8.66. The first-order chi connectivity index (χ1) is 6.77. The number of hydrogen-bond acceptors (Lipinski definition) is 2. The molecule has 72 valence electrons. The fourth-order valence-corrected chi connectivity index (χ4v) is 1.56. The quantitative estimate of drug-likeness (QED) is 0.658. The van der Waals surface area contributed by atoms with Gasteiger partial charge in [-0.1, -0.05) is 6.08 Å². The smallest absolute Gasteiger partial charge is 0.0992 e. The van der Waals surface area contributed by atoms with E-state index in [0.29, 0.717) is 5.56 Å². The number of halogens is 1. The normalized spacial score (nSPS) is 9.14. The summed E-state index contributed by atoms with van der Waals surface area (Å²) in [6.45, 7) is 4.50. The van der Waals surface area contributed by atoms with Gasteiger partial charge in [-0.3, -0.25) is 0 Å². The zero-order valence-electron chi connectivity index (χ0n) is 7.76. The van der Waals surface area contributed by atoms with Crippen LogP contribution in [0.2, 0.25) is 0 Å². The van der Waals surface area contributed by atoms with Crippen LogP contribution >= 0.6 is 15.9 Å². The monoisotopic (exact) mass is 250 g/mol. The van der Waals surface area contributed by atoms with E-state index in [2.05, 4.69) is 33.9 Å². The van der Waals surface area contributed by atoms with Gasteiger partial charge in [-0.2, -0.15) is 5.26 Å². The summed E-state index contributed by atoms with van der Waals surface area (Å²) in [5.41, 5.74) is 1.66. The molecule has 14 heavy (non-hydrogen) atoms. The van der Waals surface area contributed by atoms with Gasteiger partial charge in [-0.15, -0.1) is 6.58 Å². The standard InChI is InChI=1S/C11H11BrN2/c1-2-3-6-14-11-5-4-9(8-13)7-10(11)12/h2,4-5,7,14H,1,3,6H2. The fourth-order valence-electron chi connectivity index (χ4n) is 1.04. The van der Waals surface area contributed by atoms with E-state index < -0.39 is 0 Å². The largest absolute Gasteiger partial charge is 0.384 e. The molecule has 0 heterocycles. The molecule has 0 aliphatic carbocycles. The van der Waals surface area contributed by atoms with Crippen LogP contribution in [0.4, 0.5) is 5.69 Å². The number of nitriles is 1. The van der Waals surface area contributed by atoms with Crippen LogP contribution in [0.1, 0.15) is 12.0 Å². The molecule has 0 fully saturated rings. The molecule has 0 saturated carbocycles. The van der Waals surface area contributed by atoms with E-state index in [1.807, 2.05) is 12.1 Å². The average molecular weight is 251 g/mol. The molecule has 0 spiro atoms. The number of nitrogens with zero attached hydrogens (tertiary/aromatic N) is 1. The second-order valence-electron chi connectivity index (χ2n) is 2.81. The van der Waals surface area contributed by atoms with E-state index in [9.17, 15) is 0 Å². The first kappa shape index (κ1) is 10.8. The summed E-state index contributed by atoms with van der Waals surface area (Å²) < 4.78 is 0.917. The van der Waals surface area contributed by atoms with E-state index >= 15 is 0 Å². The Labute approximate surface area is 92.4 Å². The first-order valence-corrected chi connectivity index (χ1v) is 5.11. The molecule has 0 radical (unpaired) electrons. The Hall–Kier alpha value is -1.27. The lowest BCUT2D eigenvalue weighted by atomic mass is 10.2. The minimum absolute atomic E-state index is 0.658. The molecule has 3 heteroatoms. The van der Waals surface area contributed by atoms with Crippen molar-refractivity contribution in [3.63, 3.8) is 0 Å². The second-order valence-corrected chi connectivity index (χ2v) is 3.66. The van der Waals surface area contributed by atoms with Crippen molar-refractivity contribution in [3.05, 3.63) is 40.9 Å². The van der Waals surface area contributed by atoms with Crippen LogP contribution in [0.25, 0.3) is 0 Å². The third kappa shape index (κ3) is 2.90. The van der Waals surface area contributed by atoms with Crippen LogP contribution in [0.3, 0.4) is 0 Å². The van der Waals surface area contributed by atoms with Gasteiger partial charge in [0.2, 0.25) is 0 Å². The van der Waals surface area contributed by atoms with Crippen molar-refractivity contribution < 1.29 is 0 Å². The highest BCUT2D eigenvalue weighted by atomic mass is 79.9. The van der Waals surface area contributed by atoms with Gasteiger partial charge in [0.15, 0.2) is 0 Å². The van der Waals surface area contributed by atoms with Gasteiger partial charge >= 0.3 is 0 Å². The molecule has 1 rings (SSSR count). The van der Waals surface area contributed by atoms with Crippen molar-refractivity contribution >= 4 is 21.6 Å². The van der Waals surface area contributed by atoms with Crippen molar-refractivity contribution in [2.45, 2.75) is 6.42 Å². The molecule has 0 amide bonds. The Kier molecular flexibility index (Phi) is 4.21. The molecule has 0 aliphatic heterocycles. The van der Waals surface area contributed by atoms with Crippen molar-refractivity contribution in [2.24, 2.45) is 0 Å². The molecule has 0 saturated heterocycles. The maximum absolute atomic E-state index is 8.66. The number of anilines is 1. The van der Waals surface area contributed by atoms with Crippen LogP contribution in [0, 0.1) is 11.3 Å². The third-order valence-electron chi connectivity index (χ3n) is 1.76. The lowest BCUT2D eigenvalue weighted by Crippen LogP contribution is -2.00. The summed E-state index contributed by atoms with van der Waals surface area (Å²) in [5.74, 6) is 0. The molecule has 0 aromatic heterocycles. The molecule has 1 aromatic carbocycles. The lowest BCUT2D eigenvalue weighted by Gasteiger charge is -2.06. The predicted molar refractivity (Wildman–Crippen MR) is 62.2 cm³/mol. The highest BCUT2D eigenvalue weighted by molar-refractivity contribution is 9.10. The van der Waals surface area contributed by atoms with E-state index in [-0.39, 0.29) is 0 Å². The van der Waals surface area contributed by atoms with Gasteiger partial charge in [0, 0.05) is 16.7 Å². The Morgan fingerprint density at radius 1 is 1.57 bits per heavy atom. The molecule has 2 nitrogen and oxygen atoms in total. The number of rotatable bonds is 4. The minimum atomic E-state index is 0.658. The Bertz CT molecular complexity index is 366. The zero-order chi connectivity index (χ0) is 10.4. The summed E-state index contributed by atoms with van der Waals surface area (Å²) in [7, 11) is 0. The van der Waals surface area contributed by atoms with Gasteiger partial charge in [0.25, 0.3) is 0 Å². The van der Waals surface area contributed by atoms with E-state index in [1.165, 1.54) is 0 Å². The molecule has 0 atom stereocenters. The maximum Gasteiger partial charge on any atom is 0.0992 e. The summed E-state index contributed by atoms with van der Waals surface area (Å²) in [6, 6.07) is 7.58. The van der Waals surface area contributed by atoms with Crippen LogP contribution in [0.5, 0.6) is 0 Å². The van der Waals surface area contributed by atoms with Crippen molar-refractivity contribution in [2.75, 3.05) is 11.9 Å². The molecule has 0 bridgehead atoms. The summed E-state index contributed by atoms with van der Waals surface area (Å²) >= 11 is 3.40. The summed E-state index contributed by atoms with van der Waals surface area (Å²) in [5, 5.41) is 11.9. The average Bonchev–Trinajstić information content (AvgIpc) is 2.20. The zero-order valence-corrected chi connectivity index (χ0v) is 9.34. The van der Waals surface area contributed by atoms with Crippen molar-refractivity contribution in [3.8, 4) is 6.07 Å². The predicted octanol–water partition coefficient (Wildman–Crippen LogP) is 3.31. The third-order valence-corrected chi connectivity index (χ3v) is 2.42. The summed E-state index contributed by atoms with van der Waals surface area (Å²) in [6.07, 6.45) is 2.79. The molecule has 0 unspecified atom stereocenters. The lowest BCUT2D eigenvalue weighted by molar-refractivity contribution is 1.07. The highest BCUT2D eigenvalue weighted by Gasteiger charge is 1.99. The van der Waals surface area contributed by atoms with E-state index in [0.717, 1.165) is 23.1 Å². The fraction of sp³-hybridized carbons (Fsp3) is 0.182. The Balaban J connectivity index is 2.70.